The summed E-state index contributed by atoms with van der Waals surface area (Å²) in [4.78, 5) is 38.4. The molecule has 5 heterocycles. The normalized spacial score (nSPS) is 17.9. The molecule has 0 radical (unpaired) electrons. The summed E-state index contributed by atoms with van der Waals surface area (Å²) >= 11 is 0. The highest BCUT2D eigenvalue weighted by Crippen LogP contribution is 2.36. The van der Waals surface area contributed by atoms with E-state index in [4.69, 9.17) is 9.47 Å². The van der Waals surface area contributed by atoms with E-state index in [-0.39, 0.29) is 46.7 Å². The standard InChI is InChI=1S/C32H34F2N6O4/c1-19-18-44-32-29(34)26(33)12-25-30(32)40(19)16-22(31(25)42)15-39(14-21-8-9-35-28(11-21)43-3)24-5-4-10-38(17-24)23-6-7-27(36-13-23)37-20(2)41/h6-9,11-13,16,19,24H,4-5,10,14-15,17-18H2,1-3H3,(H,36,37,41)/t19?,24-/m0/s1. The molecule has 0 aliphatic carbocycles. The minimum atomic E-state index is -1.11. The number of carbonyl (C=O) groups is 1. The van der Waals surface area contributed by atoms with Gasteiger partial charge in [0.2, 0.25) is 17.6 Å². The third-order valence-corrected chi connectivity index (χ3v) is 8.28. The molecule has 2 atom stereocenters. The van der Waals surface area contributed by atoms with Gasteiger partial charge in [0, 0.05) is 63.2 Å². The molecule has 6 rings (SSSR count). The summed E-state index contributed by atoms with van der Waals surface area (Å²) in [6.07, 6.45) is 7.02. The van der Waals surface area contributed by atoms with Gasteiger partial charge in [-0.3, -0.25) is 14.5 Å². The van der Waals surface area contributed by atoms with Gasteiger partial charge in [-0.15, -0.1) is 0 Å². The predicted octanol–water partition coefficient (Wildman–Crippen LogP) is 4.66. The van der Waals surface area contributed by atoms with Crippen LogP contribution in [0.1, 0.15) is 43.9 Å². The number of rotatable bonds is 8. The van der Waals surface area contributed by atoms with E-state index in [1.54, 1.807) is 31.8 Å². The summed E-state index contributed by atoms with van der Waals surface area (Å²) in [6.45, 7) is 5.84. The first-order valence-electron chi connectivity index (χ1n) is 14.6. The van der Waals surface area contributed by atoms with Crippen LogP contribution in [-0.2, 0) is 17.9 Å². The number of ether oxygens (including phenoxy) is 2. The molecule has 12 heteroatoms. The van der Waals surface area contributed by atoms with Crippen LogP contribution in [0.4, 0.5) is 20.3 Å². The molecule has 230 valence electrons. The Morgan fingerprint density at radius 1 is 1.20 bits per heavy atom. The Kier molecular flexibility index (Phi) is 8.17. The lowest BCUT2D eigenvalue weighted by Crippen LogP contribution is -2.48. The number of benzene rings is 1. The van der Waals surface area contributed by atoms with E-state index in [1.165, 1.54) is 6.92 Å². The molecule has 1 amide bonds. The molecule has 1 aromatic carbocycles. The summed E-state index contributed by atoms with van der Waals surface area (Å²) in [5.41, 5.74) is 2.32. The number of hydrogen-bond donors (Lipinski definition) is 1. The Hall–Kier alpha value is -4.58. The van der Waals surface area contributed by atoms with Crippen molar-refractivity contribution in [2.24, 2.45) is 0 Å². The van der Waals surface area contributed by atoms with Crippen molar-refractivity contribution in [3.8, 4) is 11.6 Å². The Labute approximate surface area is 253 Å². The fraction of sp³-hybridized carbons (Fsp3) is 0.375. The number of pyridine rings is 3. The van der Waals surface area contributed by atoms with Crippen LogP contribution in [0.3, 0.4) is 0 Å². The van der Waals surface area contributed by atoms with Gasteiger partial charge in [-0.25, -0.2) is 14.4 Å². The maximum Gasteiger partial charge on any atom is 0.222 e. The zero-order chi connectivity index (χ0) is 31.0. The number of piperidine rings is 1. The average Bonchev–Trinajstić information content (AvgIpc) is 3.02. The van der Waals surface area contributed by atoms with Gasteiger partial charge in [-0.05, 0) is 49.6 Å². The molecular formula is C32H34F2N6O4. The van der Waals surface area contributed by atoms with Crippen molar-refractivity contribution in [3.05, 3.63) is 81.9 Å². The molecule has 44 heavy (non-hydrogen) atoms. The van der Waals surface area contributed by atoms with Gasteiger partial charge in [0.25, 0.3) is 0 Å². The lowest BCUT2D eigenvalue weighted by Gasteiger charge is -2.40. The minimum absolute atomic E-state index is 0.0515. The number of hydrogen-bond acceptors (Lipinski definition) is 8. The smallest absolute Gasteiger partial charge is 0.222 e. The van der Waals surface area contributed by atoms with Gasteiger partial charge in [0.1, 0.15) is 12.4 Å². The lowest BCUT2D eigenvalue weighted by atomic mass is 10.0. The molecule has 0 saturated carbocycles. The van der Waals surface area contributed by atoms with Gasteiger partial charge in [-0.2, -0.15) is 4.39 Å². The molecule has 2 aliphatic heterocycles. The first-order valence-corrected chi connectivity index (χ1v) is 14.6. The Balaban J connectivity index is 1.36. The number of nitrogens with one attached hydrogen (secondary N) is 1. The number of nitrogens with zero attached hydrogens (tertiary/aromatic N) is 5. The molecule has 2 aliphatic rings. The average molecular weight is 605 g/mol. The fourth-order valence-electron chi connectivity index (χ4n) is 6.11. The summed E-state index contributed by atoms with van der Waals surface area (Å²) in [7, 11) is 1.57. The molecule has 1 saturated heterocycles. The van der Waals surface area contributed by atoms with Crippen molar-refractivity contribution in [3.63, 3.8) is 0 Å². The van der Waals surface area contributed by atoms with Crippen molar-refractivity contribution >= 4 is 28.3 Å². The zero-order valence-corrected chi connectivity index (χ0v) is 24.8. The first kappa shape index (κ1) is 29.5. The number of anilines is 2. The van der Waals surface area contributed by atoms with Crippen molar-refractivity contribution in [1.29, 1.82) is 0 Å². The van der Waals surface area contributed by atoms with Crippen LogP contribution in [0.15, 0.2) is 53.7 Å². The summed E-state index contributed by atoms with van der Waals surface area (Å²) in [5, 5.41) is 2.80. The van der Waals surface area contributed by atoms with E-state index in [1.807, 2.05) is 29.7 Å². The Morgan fingerprint density at radius 2 is 2.05 bits per heavy atom. The molecule has 0 spiro atoms. The van der Waals surface area contributed by atoms with Crippen molar-refractivity contribution in [1.82, 2.24) is 19.4 Å². The van der Waals surface area contributed by atoms with Gasteiger partial charge >= 0.3 is 0 Å². The van der Waals surface area contributed by atoms with Gasteiger partial charge in [-0.1, -0.05) is 0 Å². The zero-order valence-electron chi connectivity index (χ0n) is 24.8. The van der Waals surface area contributed by atoms with Crippen LogP contribution in [-0.4, -0.2) is 58.2 Å². The largest absolute Gasteiger partial charge is 0.486 e. The Bertz CT molecular complexity index is 1760. The first-order chi connectivity index (χ1) is 21.2. The van der Waals surface area contributed by atoms with E-state index in [0.29, 0.717) is 36.9 Å². The molecule has 10 nitrogen and oxygen atoms in total. The van der Waals surface area contributed by atoms with Crippen molar-refractivity contribution in [2.45, 2.75) is 51.9 Å². The summed E-state index contributed by atoms with van der Waals surface area (Å²) in [6, 6.07) is 8.37. The number of methoxy groups -OCH3 is 1. The van der Waals surface area contributed by atoms with Crippen LogP contribution in [0.25, 0.3) is 10.9 Å². The Morgan fingerprint density at radius 3 is 2.80 bits per heavy atom. The van der Waals surface area contributed by atoms with E-state index in [2.05, 4.69) is 25.1 Å². The van der Waals surface area contributed by atoms with Crippen LogP contribution >= 0.6 is 0 Å². The van der Waals surface area contributed by atoms with E-state index in [9.17, 15) is 18.4 Å². The van der Waals surface area contributed by atoms with Gasteiger partial charge in [0.05, 0.1) is 35.9 Å². The number of halogens is 2. The quantitative estimate of drug-likeness (QED) is 0.310. The SMILES string of the molecule is COc1cc(CN(Cc2cn3c4c(c(F)c(F)cc4c2=O)OCC3C)[C@H]2CCCN(c3ccc(NC(C)=O)nc3)C2)ccn1. The highest BCUT2D eigenvalue weighted by Gasteiger charge is 2.30. The predicted molar refractivity (Wildman–Crippen MR) is 162 cm³/mol. The number of carbonyl (C=O) groups excluding carboxylic acids is 1. The highest BCUT2D eigenvalue weighted by atomic mass is 19.2. The van der Waals surface area contributed by atoms with Crippen LogP contribution in [0.2, 0.25) is 0 Å². The molecular weight excluding hydrogens is 570 g/mol. The second kappa shape index (κ2) is 12.2. The molecule has 3 aromatic heterocycles. The topological polar surface area (TPSA) is 102 Å². The third-order valence-electron chi connectivity index (χ3n) is 8.28. The summed E-state index contributed by atoms with van der Waals surface area (Å²) < 4.78 is 42.0. The van der Waals surface area contributed by atoms with Crippen molar-refractivity contribution < 1.29 is 23.0 Å². The fourth-order valence-corrected chi connectivity index (χ4v) is 6.11. The number of aromatic nitrogens is 3. The van der Waals surface area contributed by atoms with Gasteiger partial charge in [0.15, 0.2) is 17.0 Å². The molecule has 1 N–H and O–H groups in total. The second-order valence-electron chi connectivity index (χ2n) is 11.4. The van der Waals surface area contributed by atoms with E-state index < -0.39 is 11.6 Å². The van der Waals surface area contributed by atoms with Crippen molar-refractivity contribution in [2.75, 3.05) is 37.0 Å². The summed E-state index contributed by atoms with van der Waals surface area (Å²) in [5.74, 6) is -1.61. The van der Waals surface area contributed by atoms with Gasteiger partial charge < -0.3 is 24.3 Å². The number of amides is 1. The second-order valence-corrected chi connectivity index (χ2v) is 11.4. The molecule has 4 aromatic rings. The van der Waals surface area contributed by atoms with Crippen LogP contribution < -0.4 is 25.1 Å². The van der Waals surface area contributed by atoms with E-state index in [0.717, 1.165) is 36.7 Å². The maximum atomic E-state index is 14.7. The van der Waals surface area contributed by atoms with Crippen LogP contribution in [0.5, 0.6) is 11.6 Å². The molecule has 1 unspecified atom stereocenters. The maximum absolute atomic E-state index is 14.7. The third kappa shape index (κ3) is 5.81. The monoisotopic (exact) mass is 604 g/mol. The molecule has 0 bridgehead atoms. The van der Waals surface area contributed by atoms with Crippen LogP contribution in [0, 0.1) is 11.6 Å². The minimum Gasteiger partial charge on any atom is -0.486 e. The lowest BCUT2D eigenvalue weighted by molar-refractivity contribution is -0.114. The molecule has 1 fully saturated rings. The highest BCUT2D eigenvalue weighted by molar-refractivity contribution is 5.88. The van der Waals surface area contributed by atoms with E-state index >= 15 is 0 Å².